The molecule has 0 aromatic heterocycles. The minimum Gasteiger partial charge on any atom is -0.545 e. The summed E-state index contributed by atoms with van der Waals surface area (Å²) in [4.78, 5) is 15.5. The van der Waals surface area contributed by atoms with Crippen LogP contribution in [0, 0.1) is 11.8 Å². The number of nitrogens with zero attached hydrogens (tertiary/aromatic N) is 1. The molecule has 4 nitrogen and oxygen atoms in total. The molecular formula is C3H4FeNNiO3. The van der Waals surface area contributed by atoms with Gasteiger partial charge >= 0.3 is 17.1 Å². The van der Waals surface area contributed by atoms with Crippen molar-refractivity contribution in [3.63, 3.8) is 0 Å². The van der Waals surface area contributed by atoms with Crippen molar-refractivity contribution in [1.29, 1.82) is 5.26 Å². The van der Waals surface area contributed by atoms with Crippen molar-refractivity contribution in [3.8, 4) is 0 Å². The molecule has 9 heavy (non-hydrogen) atoms. The van der Waals surface area contributed by atoms with Crippen molar-refractivity contribution >= 4 is 13.6 Å². The zero-order valence-electron chi connectivity index (χ0n) is 4.09. The Labute approximate surface area is 74.3 Å². The van der Waals surface area contributed by atoms with E-state index in [0.717, 1.165) is 0 Å². The zero-order valence-corrected chi connectivity index (χ0v) is 6.18. The summed E-state index contributed by atoms with van der Waals surface area (Å²) in [6.07, 6.45) is 0. The molecule has 0 aromatic rings. The maximum Gasteiger partial charge on any atom is 3.00 e. The van der Waals surface area contributed by atoms with Crippen LogP contribution in [0.1, 0.15) is 0 Å². The molecule has 6 heteroatoms. The Morgan fingerprint density at radius 1 is 1.00 bits per heavy atom. The second-order valence-corrected chi connectivity index (χ2v) is 0. The smallest absolute Gasteiger partial charge is 0.545 e. The van der Waals surface area contributed by atoms with Gasteiger partial charge < -0.3 is 26.9 Å². The van der Waals surface area contributed by atoms with Crippen molar-refractivity contribution in [1.82, 2.24) is 0 Å². The molecule has 0 saturated heterocycles. The molecular weight excluding hydrogens is 213 g/mol. The molecule has 0 aliphatic heterocycles. The average molecular weight is 217 g/mol. The number of carbonyl (C=O) groups excluding carboxylic acids is 2. The topological polar surface area (TPSA) is 89.4 Å². The van der Waals surface area contributed by atoms with Gasteiger partial charge in [-0.1, -0.05) is 0 Å². The summed E-state index contributed by atoms with van der Waals surface area (Å²) in [6, 6.07) is 0. The SMILES string of the molecule is O.[C-]#N.[CH-]=O.[CH-]=O.[Fe+3].[Ni]. The molecule has 0 aromatic carbocycles. The van der Waals surface area contributed by atoms with Crippen LogP contribution in [0.15, 0.2) is 0 Å². The minimum atomic E-state index is 0. The first-order chi connectivity index (χ1) is 3.00. The molecule has 0 spiro atoms. The molecule has 1 radical (unpaired) electrons. The molecule has 2 N–H and O–H groups in total. The predicted molar refractivity (Wildman–Crippen MR) is 22.1 cm³/mol. The normalized spacial score (nSPS) is 1.11. The van der Waals surface area contributed by atoms with E-state index in [4.69, 9.17) is 21.4 Å². The number of hydrogen-bond acceptors (Lipinski definition) is 3. The van der Waals surface area contributed by atoms with Gasteiger partial charge in [0.25, 0.3) is 0 Å². The summed E-state index contributed by atoms with van der Waals surface area (Å²) < 4.78 is 0. The molecule has 0 bridgehead atoms. The van der Waals surface area contributed by atoms with Gasteiger partial charge in [-0.25, -0.2) is 0 Å². The van der Waals surface area contributed by atoms with Crippen molar-refractivity contribution < 1.29 is 48.6 Å². The first kappa shape index (κ1) is 68.2. The van der Waals surface area contributed by atoms with Gasteiger partial charge in [0.05, 0.1) is 0 Å². The summed E-state index contributed by atoms with van der Waals surface area (Å²) in [7, 11) is 0. The van der Waals surface area contributed by atoms with Gasteiger partial charge in [-0.3, -0.25) is 13.6 Å². The Kier molecular flexibility index (Phi) is 70500. The second kappa shape index (κ2) is 9300. The summed E-state index contributed by atoms with van der Waals surface area (Å²) in [5.74, 6) is 0. The van der Waals surface area contributed by atoms with E-state index >= 15 is 0 Å². The average Bonchev–Trinajstić information content (AvgIpc) is 1.81. The van der Waals surface area contributed by atoms with Crippen molar-refractivity contribution in [2.45, 2.75) is 0 Å². The molecule has 57 valence electrons. The van der Waals surface area contributed by atoms with Crippen LogP contribution in [0.5, 0.6) is 0 Å². The van der Waals surface area contributed by atoms with Gasteiger partial charge in [0, 0.05) is 16.5 Å². The Morgan fingerprint density at radius 2 is 1.00 bits per heavy atom. The fraction of sp³-hybridized carbons (Fsp3) is 0. The summed E-state index contributed by atoms with van der Waals surface area (Å²) >= 11 is 0. The van der Waals surface area contributed by atoms with E-state index in [-0.39, 0.29) is 39.0 Å². The Balaban J connectivity index is -0.00000000321. The van der Waals surface area contributed by atoms with E-state index in [9.17, 15) is 0 Å². The van der Waals surface area contributed by atoms with Crippen LogP contribution in [-0.2, 0) is 43.1 Å². The van der Waals surface area contributed by atoms with Gasteiger partial charge in [-0.05, 0) is 0 Å². The quantitative estimate of drug-likeness (QED) is 0.287. The fourth-order valence-electron chi connectivity index (χ4n) is 0. The van der Waals surface area contributed by atoms with Crippen molar-refractivity contribution in [2.24, 2.45) is 0 Å². The van der Waals surface area contributed by atoms with Gasteiger partial charge in [0.2, 0.25) is 0 Å². The molecule has 0 aliphatic carbocycles. The van der Waals surface area contributed by atoms with Gasteiger partial charge in [0.15, 0.2) is 0 Å². The van der Waals surface area contributed by atoms with E-state index in [2.05, 4.69) is 13.6 Å². The fourth-order valence-corrected chi connectivity index (χ4v) is 0. The summed E-state index contributed by atoms with van der Waals surface area (Å²) in [6.45, 7) is 11.2. The Hall–Kier alpha value is -0.197. The monoisotopic (exact) mass is 216 g/mol. The molecule has 0 fully saturated rings. The van der Waals surface area contributed by atoms with Crippen LogP contribution in [0.2, 0.25) is 0 Å². The third-order valence-corrected chi connectivity index (χ3v) is 0. The van der Waals surface area contributed by atoms with Crippen molar-refractivity contribution in [3.05, 3.63) is 6.57 Å². The number of hydrogen-bond donors (Lipinski definition) is 0. The molecule has 0 amide bonds. The number of rotatable bonds is 0. The summed E-state index contributed by atoms with van der Waals surface area (Å²) in [5.41, 5.74) is 0. The van der Waals surface area contributed by atoms with Crippen molar-refractivity contribution in [2.75, 3.05) is 0 Å². The van der Waals surface area contributed by atoms with Gasteiger partial charge in [-0.15, -0.1) is 0 Å². The predicted octanol–water partition coefficient (Wildman–Crippen LogP) is -1.28. The van der Waals surface area contributed by atoms with E-state index in [0.29, 0.717) is 0 Å². The first-order valence-corrected chi connectivity index (χ1v) is 0.695. The minimum absolute atomic E-state index is 0. The third kappa shape index (κ3) is 6770. The Morgan fingerprint density at radius 3 is 1.00 bits per heavy atom. The van der Waals surface area contributed by atoms with Crippen LogP contribution in [0.25, 0.3) is 0 Å². The summed E-state index contributed by atoms with van der Waals surface area (Å²) in [5, 5.41) is 6.25. The third-order valence-electron chi connectivity index (χ3n) is 0. The van der Waals surface area contributed by atoms with Gasteiger partial charge in [-0.2, -0.15) is 0 Å². The van der Waals surface area contributed by atoms with Crippen LogP contribution in [0.4, 0.5) is 0 Å². The standard InChI is InChI=1S/CN.2CHO.Fe.Ni.H2O/c3*1-2;;;/h;2*1H;;;1H2/q3*-1;+3;;. The molecule has 0 rings (SSSR count). The molecule has 0 heterocycles. The van der Waals surface area contributed by atoms with E-state index in [1.54, 1.807) is 0 Å². The maximum absolute atomic E-state index is 7.75. The van der Waals surface area contributed by atoms with Crippen LogP contribution in [0.3, 0.4) is 0 Å². The largest absolute Gasteiger partial charge is 3.00 e. The van der Waals surface area contributed by atoms with Crippen LogP contribution < -0.4 is 0 Å². The molecule has 0 saturated carbocycles. The van der Waals surface area contributed by atoms with E-state index in [1.165, 1.54) is 0 Å². The maximum atomic E-state index is 7.75. The van der Waals surface area contributed by atoms with E-state index in [1.807, 2.05) is 0 Å². The van der Waals surface area contributed by atoms with Crippen LogP contribution >= 0.6 is 0 Å². The zero-order chi connectivity index (χ0) is 6.00. The molecule has 0 unspecified atom stereocenters. The van der Waals surface area contributed by atoms with Crippen LogP contribution in [-0.4, -0.2) is 19.1 Å². The second-order valence-electron chi connectivity index (χ2n) is 0. The molecule has 0 atom stereocenters. The molecule has 0 aliphatic rings. The van der Waals surface area contributed by atoms with E-state index < -0.39 is 0 Å². The van der Waals surface area contributed by atoms with Gasteiger partial charge in [0.1, 0.15) is 0 Å². The Bertz CT molecular complexity index is 35.5. The first-order valence-electron chi connectivity index (χ1n) is 0.695.